The van der Waals surface area contributed by atoms with Crippen LogP contribution in [0.1, 0.15) is 5.56 Å². The summed E-state index contributed by atoms with van der Waals surface area (Å²) in [5, 5.41) is 1.81. The average molecular weight is 295 g/mol. The van der Waals surface area contributed by atoms with Crippen LogP contribution in [-0.4, -0.2) is 0 Å². The lowest BCUT2D eigenvalue weighted by atomic mass is 10.2. The van der Waals surface area contributed by atoms with Crippen LogP contribution in [0.15, 0.2) is 53.0 Å². The molecule has 2 aromatic rings. The van der Waals surface area contributed by atoms with Crippen molar-refractivity contribution in [2.75, 3.05) is 0 Å². The van der Waals surface area contributed by atoms with E-state index in [1.807, 2.05) is 55.5 Å². The number of hydrogen-bond acceptors (Lipinski definition) is 1. The summed E-state index contributed by atoms with van der Waals surface area (Å²) in [5.41, 5.74) is 1.19. The molecule has 0 bridgehead atoms. The van der Waals surface area contributed by atoms with E-state index in [4.69, 9.17) is 0 Å². The Morgan fingerprint density at radius 2 is 1.31 bits per heavy atom. The van der Waals surface area contributed by atoms with Crippen LogP contribution in [0.5, 0.6) is 0 Å². The molecule has 0 fully saturated rings. The van der Waals surface area contributed by atoms with Crippen LogP contribution in [0, 0.1) is 6.92 Å². The molecule has 1 atom stereocenters. The van der Waals surface area contributed by atoms with Gasteiger partial charge in [-0.1, -0.05) is 57.9 Å². The largest absolute Gasteiger partial charge is 0.317 e. The summed E-state index contributed by atoms with van der Waals surface area (Å²) in [6.07, 6.45) is 0. The third kappa shape index (κ3) is 2.63. The normalized spacial score (nSPS) is 12.4. The zero-order chi connectivity index (χ0) is 11.5. The molecular formula is C13H12BrOP. The minimum Gasteiger partial charge on any atom is -0.317 e. The third-order valence-electron chi connectivity index (χ3n) is 2.42. The van der Waals surface area contributed by atoms with Crippen LogP contribution < -0.4 is 10.6 Å². The summed E-state index contributed by atoms with van der Waals surface area (Å²) in [7, 11) is -1.85. The molecule has 0 spiro atoms. The molecule has 0 N–H and O–H groups in total. The molecule has 0 aliphatic rings. The lowest BCUT2D eigenvalue weighted by molar-refractivity contribution is 0.598. The molecule has 16 heavy (non-hydrogen) atoms. The summed E-state index contributed by atoms with van der Waals surface area (Å²) in [4.78, 5) is 0. The van der Waals surface area contributed by atoms with Gasteiger partial charge in [0.2, 0.25) is 0 Å². The minimum absolute atomic E-state index is 0.900. The van der Waals surface area contributed by atoms with Crippen molar-refractivity contribution in [2.24, 2.45) is 0 Å². The van der Waals surface area contributed by atoms with E-state index in [0.717, 1.165) is 15.1 Å². The topological polar surface area (TPSA) is 17.1 Å². The first-order chi connectivity index (χ1) is 7.66. The van der Waals surface area contributed by atoms with Gasteiger partial charge in [0.15, 0.2) is 0 Å². The standard InChI is InChI=1S/C13H12BrOP/c1-10-2-6-12(7-3-10)16(15)13-8-4-11(14)5-9-13/h2-9,16H,1H3. The van der Waals surface area contributed by atoms with E-state index in [9.17, 15) is 4.57 Å². The number of benzene rings is 2. The predicted molar refractivity (Wildman–Crippen MR) is 73.6 cm³/mol. The molecule has 0 aromatic heterocycles. The lowest BCUT2D eigenvalue weighted by Gasteiger charge is -2.03. The Morgan fingerprint density at radius 1 is 0.875 bits per heavy atom. The Labute approximate surface area is 104 Å². The number of rotatable bonds is 2. The zero-order valence-electron chi connectivity index (χ0n) is 8.91. The minimum atomic E-state index is -1.85. The van der Waals surface area contributed by atoms with Gasteiger partial charge in [0.1, 0.15) is 7.80 Å². The average Bonchev–Trinajstić information content (AvgIpc) is 2.30. The smallest absolute Gasteiger partial charge is 0.131 e. The van der Waals surface area contributed by atoms with Crippen molar-refractivity contribution in [1.29, 1.82) is 0 Å². The van der Waals surface area contributed by atoms with Gasteiger partial charge in [0.25, 0.3) is 0 Å². The Bertz CT molecular complexity index is 455. The first kappa shape index (κ1) is 11.6. The molecule has 2 aromatic carbocycles. The number of hydrogen-bond donors (Lipinski definition) is 0. The van der Waals surface area contributed by atoms with Crippen molar-refractivity contribution in [2.45, 2.75) is 6.92 Å². The Morgan fingerprint density at radius 3 is 1.81 bits per heavy atom. The second-order valence-electron chi connectivity index (χ2n) is 3.70. The van der Waals surface area contributed by atoms with Gasteiger partial charge in [-0.05, 0) is 19.1 Å². The SMILES string of the molecule is Cc1ccc([PH](=O)c2ccc(Br)cc2)cc1. The van der Waals surface area contributed by atoms with Crippen molar-refractivity contribution in [3.8, 4) is 0 Å². The van der Waals surface area contributed by atoms with Crippen LogP contribution in [-0.2, 0) is 4.57 Å². The molecular weight excluding hydrogens is 283 g/mol. The highest BCUT2D eigenvalue weighted by molar-refractivity contribution is 9.10. The van der Waals surface area contributed by atoms with Crippen LogP contribution >= 0.6 is 23.7 Å². The van der Waals surface area contributed by atoms with Crippen LogP contribution in [0.3, 0.4) is 0 Å². The summed E-state index contributed by atoms with van der Waals surface area (Å²) in [6.45, 7) is 2.03. The highest BCUT2D eigenvalue weighted by atomic mass is 79.9. The maximum atomic E-state index is 12.2. The van der Waals surface area contributed by atoms with Gasteiger partial charge in [-0.3, -0.25) is 0 Å². The van der Waals surface area contributed by atoms with Gasteiger partial charge >= 0.3 is 0 Å². The molecule has 0 radical (unpaired) electrons. The van der Waals surface area contributed by atoms with E-state index in [0.29, 0.717) is 0 Å². The van der Waals surface area contributed by atoms with Gasteiger partial charge in [-0.2, -0.15) is 0 Å². The van der Waals surface area contributed by atoms with Crippen LogP contribution in [0.25, 0.3) is 0 Å². The zero-order valence-corrected chi connectivity index (χ0v) is 11.5. The molecule has 0 aliphatic heterocycles. The van der Waals surface area contributed by atoms with E-state index >= 15 is 0 Å². The fourth-order valence-corrected chi connectivity index (χ4v) is 3.01. The summed E-state index contributed by atoms with van der Waals surface area (Å²) >= 11 is 3.37. The van der Waals surface area contributed by atoms with E-state index < -0.39 is 7.80 Å². The summed E-state index contributed by atoms with van der Waals surface area (Å²) in [6, 6.07) is 15.5. The maximum Gasteiger partial charge on any atom is 0.131 e. The maximum absolute atomic E-state index is 12.2. The monoisotopic (exact) mass is 294 g/mol. The molecule has 1 nitrogen and oxygen atoms in total. The molecule has 82 valence electrons. The van der Waals surface area contributed by atoms with E-state index in [2.05, 4.69) is 15.9 Å². The van der Waals surface area contributed by atoms with Crippen molar-refractivity contribution in [1.82, 2.24) is 0 Å². The van der Waals surface area contributed by atoms with Gasteiger partial charge < -0.3 is 4.57 Å². The van der Waals surface area contributed by atoms with Crippen molar-refractivity contribution < 1.29 is 4.57 Å². The molecule has 0 saturated heterocycles. The fraction of sp³-hybridized carbons (Fsp3) is 0.0769. The molecule has 3 heteroatoms. The van der Waals surface area contributed by atoms with E-state index in [-0.39, 0.29) is 0 Å². The Balaban J connectivity index is 2.32. The molecule has 0 amide bonds. The summed E-state index contributed by atoms with van der Waals surface area (Å²) in [5.74, 6) is 0. The van der Waals surface area contributed by atoms with Gasteiger partial charge in [-0.25, -0.2) is 0 Å². The second kappa shape index (κ2) is 4.99. The number of halogens is 1. The lowest BCUT2D eigenvalue weighted by Crippen LogP contribution is -2.05. The quantitative estimate of drug-likeness (QED) is 0.777. The fourth-order valence-electron chi connectivity index (χ4n) is 1.47. The molecule has 1 unspecified atom stereocenters. The van der Waals surface area contributed by atoms with E-state index in [1.54, 1.807) is 0 Å². The Hall–Kier alpha value is -0.850. The highest BCUT2D eigenvalue weighted by Crippen LogP contribution is 2.20. The number of aryl methyl sites for hydroxylation is 1. The molecule has 0 saturated carbocycles. The van der Waals surface area contributed by atoms with Gasteiger partial charge in [0, 0.05) is 15.1 Å². The second-order valence-corrected chi connectivity index (χ2v) is 6.43. The van der Waals surface area contributed by atoms with Crippen molar-refractivity contribution in [3.05, 3.63) is 58.6 Å². The Kier molecular flexibility index (Phi) is 3.63. The van der Waals surface area contributed by atoms with Gasteiger partial charge in [-0.15, -0.1) is 0 Å². The van der Waals surface area contributed by atoms with Gasteiger partial charge in [0.05, 0.1) is 0 Å². The molecule has 0 aliphatic carbocycles. The van der Waals surface area contributed by atoms with Crippen LogP contribution in [0.2, 0.25) is 0 Å². The third-order valence-corrected chi connectivity index (χ3v) is 4.66. The molecule has 2 rings (SSSR count). The van der Waals surface area contributed by atoms with E-state index in [1.165, 1.54) is 5.56 Å². The highest BCUT2D eigenvalue weighted by Gasteiger charge is 2.05. The van der Waals surface area contributed by atoms with Crippen molar-refractivity contribution >= 4 is 34.3 Å². The predicted octanol–water partition coefficient (Wildman–Crippen LogP) is 3.27. The van der Waals surface area contributed by atoms with Crippen LogP contribution in [0.4, 0.5) is 0 Å². The van der Waals surface area contributed by atoms with Crippen molar-refractivity contribution in [3.63, 3.8) is 0 Å². The first-order valence-corrected chi connectivity index (χ1v) is 7.24. The summed E-state index contributed by atoms with van der Waals surface area (Å²) < 4.78 is 13.2. The molecule has 0 heterocycles. The first-order valence-electron chi connectivity index (χ1n) is 5.04.